The zero-order valence-electron chi connectivity index (χ0n) is 14.7. The predicted octanol–water partition coefficient (Wildman–Crippen LogP) is 3.04. The van der Waals surface area contributed by atoms with Crippen molar-refractivity contribution in [3.63, 3.8) is 0 Å². The Balaban J connectivity index is 1.91. The fourth-order valence-electron chi connectivity index (χ4n) is 2.21. The van der Waals surface area contributed by atoms with Gasteiger partial charge in [-0.3, -0.25) is 14.4 Å². The van der Waals surface area contributed by atoms with Gasteiger partial charge in [0.15, 0.2) is 6.10 Å². The van der Waals surface area contributed by atoms with Gasteiger partial charge in [-0.15, -0.1) is 0 Å². The summed E-state index contributed by atoms with van der Waals surface area (Å²) in [6, 6.07) is 9.68. The van der Waals surface area contributed by atoms with Crippen molar-refractivity contribution in [2.75, 3.05) is 10.6 Å². The molecule has 0 aliphatic heterocycles. The van der Waals surface area contributed by atoms with Gasteiger partial charge in [0.1, 0.15) is 17.3 Å². The molecule has 2 rings (SSSR count). The molecule has 0 heterocycles. The van der Waals surface area contributed by atoms with Gasteiger partial charge in [0.05, 0.1) is 6.42 Å². The van der Waals surface area contributed by atoms with E-state index in [0.717, 1.165) is 12.1 Å². The number of amides is 2. The van der Waals surface area contributed by atoms with E-state index in [1.807, 2.05) is 0 Å². The van der Waals surface area contributed by atoms with Gasteiger partial charge in [-0.05, 0) is 36.8 Å². The Morgan fingerprint density at radius 2 is 1.59 bits per heavy atom. The summed E-state index contributed by atoms with van der Waals surface area (Å²) in [5.41, 5.74) is 0.597. The second-order valence-corrected chi connectivity index (χ2v) is 5.77. The third kappa shape index (κ3) is 5.88. The van der Waals surface area contributed by atoms with Crippen molar-refractivity contribution in [1.29, 1.82) is 0 Å². The molecule has 142 valence electrons. The maximum absolute atomic E-state index is 13.5. The molecule has 0 saturated heterocycles. The van der Waals surface area contributed by atoms with Crippen LogP contribution in [-0.2, 0) is 25.5 Å². The molecule has 0 aliphatic carbocycles. The van der Waals surface area contributed by atoms with Crippen molar-refractivity contribution in [1.82, 2.24) is 0 Å². The zero-order chi connectivity index (χ0) is 20.0. The lowest BCUT2D eigenvalue weighted by Gasteiger charge is -2.14. The summed E-state index contributed by atoms with van der Waals surface area (Å²) in [6.07, 6.45) is -1.35. The van der Waals surface area contributed by atoms with Crippen LogP contribution in [0.2, 0.25) is 0 Å². The number of benzene rings is 2. The summed E-state index contributed by atoms with van der Waals surface area (Å²) in [7, 11) is 0. The molecule has 2 aromatic carbocycles. The highest BCUT2D eigenvalue weighted by atomic mass is 19.1. The number of esters is 1. The smallest absolute Gasteiger partial charge is 0.311 e. The van der Waals surface area contributed by atoms with Crippen LogP contribution >= 0.6 is 0 Å². The molecular weight excluding hydrogens is 358 g/mol. The molecule has 8 heteroatoms. The molecule has 0 fully saturated rings. The number of halogens is 2. The van der Waals surface area contributed by atoms with Crippen LogP contribution in [0.5, 0.6) is 0 Å². The van der Waals surface area contributed by atoms with E-state index in [4.69, 9.17) is 4.74 Å². The Bertz CT molecular complexity index is 833. The zero-order valence-corrected chi connectivity index (χ0v) is 14.7. The highest BCUT2D eigenvalue weighted by molar-refractivity contribution is 5.95. The highest BCUT2D eigenvalue weighted by Gasteiger charge is 2.21. The van der Waals surface area contributed by atoms with Crippen molar-refractivity contribution >= 4 is 29.2 Å². The highest BCUT2D eigenvalue weighted by Crippen LogP contribution is 2.18. The van der Waals surface area contributed by atoms with Gasteiger partial charge in [0.25, 0.3) is 5.91 Å². The van der Waals surface area contributed by atoms with E-state index in [0.29, 0.717) is 11.3 Å². The SMILES string of the molecule is CC(=O)Nc1ccc(CC(=O)O[C@H](C)C(=O)Nc2c(F)cccc2F)cc1. The van der Waals surface area contributed by atoms with E-state index < -0.39 is 35.3 Å². The minimum absolute atomic E-state index is 0.105. The molecule has 0 bridgehead atoms. The van der Waals surface area contributed by atoms with Crippen LogP contribution in [0.25, 0.3) is 0 Å². The summed E-state index contributed by atoms with van der Waals surface area (Å²) in [4.78, 5) is 34.9. The lowest BCUT2D eigenvalue weighted by molar-refractivity contribution is -0.152. The molecule has 2 amide bonds. The van der Waals surface area contributed by atoms with Crippen LogP contribution in [0.4, 0.5) is 20.2 Å². The van der Waals surface area contributed by atoms with Gasteiger partial charge >= 0.3 is 5.97 Å². The molecular formula is C19H18F2N2O4. The topological polar surface area (TPSA) is 84.5 Å². The maximum Gasteiger partial charge on any atom is 0.311 e. The molecule has 2 N–H and O–H groups in total. The maximum atomic E-state index is 13.5. The van der Waals surface area contributed by atoms with Gasteiger partial charge in [-0.1, -0.05) is 18.2 Å². The van der Waals surface area contributed by atoms with Crippen LogP contribution in [0.15, 0.2) is 42.5 Å². The van der Waals surface area contributed by atoms with Crippen LogP contribution < -0.4 is 10.6 Å². The van der Waals surface area contributed by atoms with Crippen molar-refractivity contribution in [3.05, 3.63) is 59.7 Å². The number of hydrogen-bond donors (Lipinski definition) is 2. The molecule has 6 nitrogen and oxygen atoms in total. The second kappa shape index (κ2) is 8.88. The average molecular weight is 376 g/mol. The summed E-state index contributed by atoms with van der Waals surface area (Å²) in [6.45, 7) is 2.68. The van der Waals surface area contributed by atoms with E-state index in [-0.39, 0.29) is 12.3 Å². The molecule has 0 aliphatic rings. The summed E-state index contributed by atoms with van der Waals surface area (Å²) in [5.74, 6) is -3.61. The number of anilines is 2. The molecule has 0 aromatic heterocycles. The van der Waals surface area contributed by atoms with Gasteiger partial charge < -0.3 is 15.4 Å². The molecule has 27 heavy (non-hydrogen) atoms. The molecule has 0 radical (unpaired) electrons. The molecule has 1 atom stereocenters. The minimum Gasteiger partial charge on any atom is -0.452 e. The Labute approximate surface area is 154 Å². The quantitative estimate of drug-likeness (QED) is 0.759. The standard InChI is InChI=1S/C19H18F2N2O4/c1-11(19(26)23-18-15(20)4-3-5-16(18)21)27-17(25)10-13-6-8-14(9-7-13)22-12(2)24/h3-9,11H,10H2,1-2H3,(H,22,24)(H,23,26)/t11-/m1/s1. The fraction of sp³-hybridized carbons (Fsp3) is 0.211. The van der Waals surface area contributed by atoms with E-state index in [9.17, 15) is 23.2 Å². The van der Waals surface area contributed by atoms with Crippen LogP contribution in [0, 0.1) is 11.6 Å². The van der Waals surface area contributed by atoms with Crippen molar-refractivity contribution in [2.24, 2.45) is 0 Å². The van der Waals surface area contributed by atoms with E-state index in [1.54, 1.807) is 24.3 Å². The Morgan fingerprint density at radius 1 is 1.00 bits per heavy atom. The number of hydrogen-bond acceptors (Lipinski definition) is 4. The van der Waals surface area contributed by atoms with Gasteiger partial charge in [0.2, 0.25) is 5.91 Å². The van der Waals surface area contributed by atoms with E-state index >= 15 is 0 Å². The molecule has 0 saturated carbocycles. The molecule has 2 aromatic rings. The summed E-state index contributed by atoms with van der Waals surface area (Å²) >= 11 is 0. The Morgan fingerprint density at radius 3 is 2.15 bits per heavy atom. The van der Waals surface area contributed by atoms with Crippen molar-refractivity contribution in [3.8, 4) is 0 Å². The number of ether oxygens (including phenoxy) is 1. The predicted molar refractivity (Wildman–Crippen MR) is 95.0 cm³/mol. The fourth-order valence-corrected chi connectivity index (χ4v) is 2.21. The number of carbonyl (C=O) groups is 3. The first-order valence-electron chi connectivity index (χ1n) is 8.07. The molecule has 0 spiro atoms. The van der Waals surface area contributed by atoms with Crippen LogP contribution in [0.3, 0.4) is 0 Å². The first-order valence-corrected chi connectivity index (χ1v) is 8.07. The Hall–Kier alpha value is -3.29. The Kier molecular flexibility index (Phi) is 6.59. The molecule has 0 unspecified atom stereocenters. The van der Waals surface area contributed by atoms with Crippen molar-refractivity contribution in [2.45, 2.75) is 26.4 Å². The lowest BCUT2D eigenvalue weighted by Crippen LogP contribution is -2.31. The number of carbonyl (C=O) groups excluding carboxylic acids is 3. The van der Waals surface area contributed by atoms with Gasteiger partial charge in [-0.25, -0.2) is 8.78 Å². The average Bonchev–Trinajstić information content (AvgIpc) is 2.59. The second-order valence-electron chi connectivity index (χ2n) is 5.77. The number of nitrogens with one attached hydrogen (secondary N) is 2. The number of rotatable bonds is 6. The summed E-state index contributed by atoms with van der Waals surface area (Å²) in [5, 5.41) is 4.66. The summed E-state index contributed by atoms with van der Waals surface area (Å²) < 4.78 is 32.1. The number of para-hydroxylation sites is 1. The third-order valence-corrected chi connectivity index (χ3v) is 3.51. The van der Waals surface area contributed by atoms with Crippen molar-refractivity contribution < 1.29 is 27.9 Å². The monoisotopic (exact) mass is 376 g/mol. The van der Waals surface area contributed by atoms with Gasteiger partial charge in [0, 0.05) is 12.6 Å². The first-order chi connectivity index (χ1) is 12.8. The lowest BCUT2D eigenvalue weighted by atomic mass is 10.1. The minimum atomic E-state index is -1.24. The largest absolute Gasteiger partial charge is 0.452 e. The van der Waals surface area contributed by atoms with Crippen LogP contribution in [0.1, 0.15) is 19.4 Å². The third-order valence-electron chi connectivity index (χ3n) is 3.51. The van der Waals surface area contributed by atoms with Gasteiger partial charge in [-0.2, -0.15) is 0 Å². The van der Waals surface area contributed by atoms with Crippen LogP contribution in [-0.4, -0.2) is 23.9 Å². The van der Waals surface area contributed by atoms with E-state index in [1.165, 1.54) is 19.9 Å². The first kappa shape index (κ1) is 20.0. The normalized spacial score (nSPS) is 11.4. The van der Waals surface area contributed by atoms with E-state index in [2.05, 4.69) is 10.6 Å².